The van der Waals surface area contributed by atoms with Gasteiger partial charge >= 0.3 is 0 Å². The molecule has 7 heteroatoms. The molecule has 2 N–H and O–H groups in total. The number of halogens is 1. The lowest BCUT2D eigenvalue weighted by Gasteiger charge is -2.06. The number of aromatic amines is 1. The Bertz CT molecular complexity index is 797. The number of fused-ring (bicyclic) bond motifs is 1. The van der Waals surface area contributed by atoms with E-state index in [0.29, 0.717) is 28.3 Å². The number of nitrogens with one attached hydrogen (secondary N) is 2. The van der Waals surface area contributed by atoms with E-state index in [0.717, 1.165) is 13.1 Å². The summed E-state index contributed by atoms with van der Waals surface area (Å²) in [6.07, 6.45) is 5.41. The molecule has 0 spiro atoms. The number of rotatable bonds is 5. The Kier molecular flexibility index (Phi) is 3.98. The van der Waals surface area contributed by atoms with Gasteiger partial charge in [-0.1, -0.05) is 11.6 Å². The minimum Gasteiger partial charge on any atom is -0.336 e. The summed E-state index contributed by atoms with van der Waals surface area (Å²) in [5.74, 6) is 0.598. The molecule has 108 valence electrons. The van der Waals surface area contributed by atoms with Gasteiger partial charge in [-0.3, -0.25) is 4.79 Å². The molecule has 0 unspecified atom stereocenters. The van der Waals surface area contributed by atoms with E-state index in [2.05, 4.69) is 20.3 Å². The van der Waals surface area contributed by atoms with Gasteiger partial charge in [0, 0.05) is 30.5 Å². The van der Waals surface area contributed by atoms with Crippen molar-refractivity contribution in [3.8, 4) is 0 Å². The van der Waals surface area contributed by atoms with Gasteiger partial charge in [-0.25, -0.2) is 9.97 Å². The number of hydrogen-bond donors (Lipinski definition) is 2. The predicted molar refractivity (Wildman–Crippen MR) is 81.3 cm³/mol. The first-order chi connectivity index (χ1) is 10.2. The third-order valence-electron chi connectivity index (χ3n) is 3.12. The van der Waals surface area contributed by atoms with Crippen molar-refractivity contribution in [1.82, 2.24) is 24.8 Å². The van der Waals surface area contributed by atoms with Crippen molar-refractivity contribution in [2.45, 2.75) is 13.1 Å². The Hall–Kier alpha value is -2.18. The van der Waals surface area contributed by atoms with Crippen molar-refractivity contribution in [2.75, 3.05) is 6.54 Å². The van der Waals surface area contributed by atoms with E-state index < -0.39 is 0 Å². The predicted octanol–water partition coefficient (Wildman–Crippen LogP) is 1.56. The fraction of sp³-hybridized carbons (Fsp3) is 0.214. The van der Waals surface area contributed by atoms with E-state index in [1.807, 2.05) is 10.8 Å². The Morgan fingerprint density at radius 2 is 2.29 bits per heavy atom. The number of benzene rings is 1. The molecule has 0 saturated carbocycles. The molecule has 0 saturated heterocycles. The van der Waals surface area contributed by atoms with E-state index in [1.54, 1.807) is 30.7 Å². The SMILES string of the molecule is O=c1[nH]c(CNCCn2ccnc2)nc2cc(Cl)ccc12. The molecule has 21 heavy (non-hydrogen) atoms. The van der Waals surface area contributed by atoms with E-state index in [9.17, 15) is 4.79 Å². The molecule has 1 aromatic carbocycles. The minimum atomic E-state index is -0.150. The summed E-state index contributed by atoms with van der Waals surface area (Å²) < 4.78 is 1.98. The van der Waals surface area contributed by atoms with Crippen LogP contribution in [0.1, 0.15) is 5.82 Å². The number of aromatic nitrogens is 4. The largest absolute Gasteiger partial charge is 0.336 e. The van der Waals surface area contributed by atoms with Gasteiger partial charge in [0.1, 0.15) is 5.82 Å². The first-order valence-electron chi connectivity index (χ1n) is 6.57. The van der Waals surface area contributed by atoms with E-state index in [-0.39, 0.29) is 5.56 Å². The van der Waals surface area contributed by atoms with E-state index in [4.69, 9.17) is 11.6 Å². The zero-order valence-corrected chi connectivity index (χ0v) is 12.0. The summed E-state index contributed by atoms with van der Waals surface area (Å²) in [5.41, 5.74) is 0.459. The fourth-order valence-corrected chi connectivity index (χ4v) is 2.25. The van der Waals surface area contributed by atoms with Crippen LogP contribution in [0.2, 0.25) is 5.02 Å². The first-order valence-corrected chi connectivity index (χ1v) is 6.95. The van der Waals surface area contributed by atoms with Crippen LogP contribution in [0.3, 0.4) is 0 Å². The smallest absolute Gasteiger partial charge is 0.258 e. The maximum absolute atomic E-state index is 12.0. The number of imidazole rings is 1. The molecule has 0 aliphatic carbocycles. The standard InChI is InChI=1S/C14H14ClN5O/c15-10-1-2-11-12(7-10)18-13(19-14(11)21)8-16-3-5-20-6-4-17-9-20/h1-2,4,6-7,9,16H,3,5,8H2,(H,18,19,21). The summed E-state index contributed by atoms with van der Waals surface area (Å²) in [7, 11) is 0. The summed E-state index contributed by atoms with van der Waals surface area (Å²) in [4.78, 5) is 23.1. The molecule has 3 aromatic rings. The fourth-order valence-electron chi connectivity index (χ4n) is 2.08. The Morgan fingerprint density at radius 3 is 3.10 bits per heavy atom. The highest BCUT2D eigenvalue weighted by Crippen LogP contribution is 2.14. The number of nitrogens with zero attached hydrogens (tertiary/aromatic N) is 3. The number of H-pyrrole nitrogens is 1. The molecule has 2 aromatic heterocycles. The van der Waals surface area contributed by atoms with Crippen LogP contribution < -0.4 is 10.9 Å². The van der Waals surface area contributed by atoms with Gasteiger partial charge in [0.2, 0.25) is 0 Å². The summed E-state index contributed by atoms with van der Waals surface area (Å²) in [5, 5.41) is 4.34. The second-order valence-electron chi connectivity index (χ2n) is 4.65. The van der Waals surface area contributed by atoms with Crippen LogP contribution in [0.25, 0.3) is 10.9 Å². The average Bonchev–Trinajstić information content (AvgIpc) is 2.96. The molecule has 0 radical (unpaired) electrons. The van der Waals surface area contributed by atoms with E-state index >= 15 is 0 Å². The third-order valence-corrected chi connectivity index (χ3v) is 3.35. The van der Waals surface area contributed by atoms with Crippen LogP contribution in [0.15, 0.2) is 41.7 Å². The molecule has 6 nitrogen and oxygen atoms in total. The quantitative estimate of drug-likeness (QED) is 0.701. The van der Waals surface area contributed by atoms with E-state index in [1.165, 1.54) is 0 Å². The number of hydrogen-bond acceptors (Lipinski definition) is 4. The normalized spacial score (nSPS) is 11.1. The summed E-state index contributed by atoms with van der Waals surface area (Å²) >= 11 is 5.93. The van der Waals surface area contributed by atoms with Crippen LogP contribution in [-0.2, 0) is 13.1 Å². The van der Waals surface area contributed by atoms with Crippen LogP contribution in [-0.4, -0.2) is 26.1 Å². The first kappa shape index (κ1) is 13.8. The lowest BCUT2D eigenvalue weighted by Crippen LogP contribution is -2.22. The van der Waals surface area contributed by atoms with Crippen molar-refractivity contribution in [1.29, 1.82) is 0 Å². The zero-order valence-electron chi connectivity index (χ0n) is 11.2. The van der Waals surface area contributed by atoms with Crippen LogP contribution in [0, 0.1) is 0 Å². The second-order valence-corrected chi connectivity index (χ2v) is 5.09. The summed E-state index contributed by atoms with van der Waals surface area (Å²) in [6.45, 7) is 2.06. The second kappa shape index (κ2) is 6.07. The molecule has 0 aliphatic heterocycles. The molecule has 2 heterocycles. The van der Waals surface area contributed by atoms with Crippen molar-refractivity contribution in [3.05, 3.63) is 58.1 Å². The average molecular weight is 304 g/mol. The lowest BCUT2D eigenvalue weighted by molar-refractivity contribution is 0.585. The third kappa shape index (κ3) is 3.29. The van der Waals surface area contributed by atoms with Gasteiger partial charge in [0.25, 0.3) is 5.56 Å². The lowest BCUT2D eigenvalue weighted by atomic mass is 10.2. The van der Waals surface area contributed by atoms with Crippen molar-refractivity contribution < 1.29 is 0 Å². The van der Waals surface area contributed by atoms with Gasteiger partial charge in [-0.05, 0) is 18.2 Å². The van der Waals surface area contributed by atoms with Crippen LogP contribution in [0.4, 0.5) is 0 Å². The van der Waals surface area contributed by atoms with Gasteiger partial charge in [0.05, 0.1) is 23.8 Å². The highest BCUT2D eigenvalue weighted by molar-refractivity contribution is 6.31. The molecule has 0 aliphatic rings. The van der Waals surface area contributed by atoms with Crippen molar-refractivity contribution in [3.63, 3.8) is 0 Å². The Balaban J connectivity index is 1.68. The van der Waals surface area contributed by atoms with Gasteiger partial charge < -0.3 is 14.9 Å². The highest BCUT2D eigenvalue weighted by Gasteiger charge is 2.04. The summed E-state index contributed by atoms with van der Waals surface area (Å²) in [6, 6.07) is 5.06. The molecular formula is C14H14ClN5O. The molecule has 0 bridgehead atoms. The monoisotopic (exact) mass is 303 g/mol. The molecule has 0 amide bonds. The van der Waals surface area contributed by atoms with Crippen molar-refractivity contribution in [2.24, 2.45) is 0 Å². The molecular weight excluding hydrogens is 290 g/mol. The Labute approximate surface area is 125 Å². The molecule has 0 fully saturated rings. The highest BCUT2D eigenvalue weighted by atomic mass is 35.5. The van der Waals surface area contributed by atoms with Crippen molar-refractivity contribution >= 4 is 22.5 Å². The van der Waals surface area contributed by atoms with Gasteiger partial charge in [-0.15, -0.1) is 0 Å². The van der Waals surface area contributed by atoms with Crippen LogP contribution in [0.5, 0.6) is 0 Å². The van der Waals surface area contributed by atoms with Crippen LogP contribution >= 0.6 is 11.6 Å². The Morgan fingerprint density at radius 1 is 1.38 bits per heavy atom. The topological polar surface area (TPSA) is 75.6 Å². The van der Waals surface area contributed by atoms with Gasteiger partial charge in [-0.2, -0.15) is 0 Å². The molecule has 0 atom stereocenters. The zero-order chi connectivity index (χ0) is 14.7. The van der Waals surface area contributed by atoms with Gasteiger partial charge in [0.15, 0.2) is 0 Å². The molecule has 3 rings (SSSR count). The maximum atomic E-state index is 12.0. The minimum absolute atomic E-state index is 0.150. The maximum Gasteiger partial charge on any atom is 0.258 e.